The normalized spacial score (nSPS) is 10.4. The summed E-state index contributed by atoms with van der Waals surface area (Å²) in [4.78, 5) is 26.6. The molecule has 0 fully saturated rings. The van der Waals surface area contributed by atoms with E-state index in [1.165, 1.54) is 0 Å². The van der Waals surface area contributed by atoms with Gasteiger partial charge >= 0.3 is 5.97 Å². The van der Waals surface area contributed by atoms with Gasteiger partial charge in [-0.25, -0.2) is 0 Å². The van der Waals surface area contributed by atoms with Crippen LogP contribution in [0.3, 0.4) is 0 Å². The fourth-order valence-electron chi connectivity index (χ4n) is 3.13. The van der Waals surface area contributed by atoms with Gasteiger partial charge in [0.15, 0.2) is 0 Å². The van der Waals surface area contributed by atoms with E-state index in [-0.39, 0.29) is 18.3 Å². The fraction of sp³-hybridized carbons (Fsp3) is 0.231. The zero-order valence-corrected chi connectivity index (χ0v) is 17.7. The first-order valence-electron chi connectivity index (χ1n) is 10.4. The topological polar surface area (TPSA) is 55.8 Å². The highest BCUT2D eigenvalue weighted by Crippen LogP contribution is 2.17. The monoisotopic (exact) mass is 417 g/mol. The molecule has 0 aliphatic carbocycles. The molecule has 0 aliphatic heterocycles. The predicted octanol–water partition coefficient (Wildman–Crippen LogP) is 4.86. The van der Waals surface area contributed by atoms with Gasteiger partial charge in [-0.2, -0.15) is 0 Å². The van der Waals surface area contributed by atoms with Gasteiger partial charge in [-0.15, -0.1) is 0 Å². The molecule has 3 aromatic carbocycles. The van der Waals surface area contributed by atoms with Gasteiger partial charge in [-0.05, 0) is 42.3 Å². The summed E-state index contributed by atoms with van der Waals surface area (Å²) in [5.74, 6) is 0.252. The highest BCUT2D eigenvalue weighted by atomic mass is 16.5. The van der Waals surface area contributed by atoms with Gasteiger partial charge in [0.1, 0.15) is 12.4 Å². The maximum Gasteiger partial charge on any atom is 0.307 e. The van der Waals surface area contributed by atoms with E-state index < -0.39 is 0 Å². The van der Waals surface area contributed by atoms with Gasteiger partial charge in [0, 0.05) is 18.7 Å². The number of rotatable bonds is 10. The van der Waals surface area contributed by atoms with E-state index in [0.29, 0.717) is 37.6 Å². The third kappa shape index (κ3) is 7.00. The molecule has 0 unspecified atom stereocenters. The molecule has 0 aliphatic rings. The minimum atomic E-state index is -0.307. The molecular weight excluding hydrogens is 390 g/mol. The summed E-state index contributed by atoms with van der Waals surface area (Å²) in [5, 5.41) is 0. The van der Waals surface area contributed by atoms with Crippen LogP contribution in [0.25, 0.3) is 0 Å². The summed E-state index contributed by atoms with van der Waals surface area (Å²) in [6.45, 7) is 3.28. The maximum atomic E-state index is 13.1. The number of benzene rings is 3. The Labute approximate surface area is 183 Å². The summed E-state index contributed by atoms with van der Waals surface area (Å²) in [5.41, 5.74) is 2.63. The molecule has 5 nitrogen and oxygen atoms in total. The van der Waals surface area contributed by atoms with Crippen molar-refractivity contribution in [1.82, 2.24) is 4.90 Å². The average molecular weight is 418 g/mol. The number of carbonyl (C=O) groups is 2. The number of ether oxygens (including phenoxy) is 2. The standard InChI is InChI=1S/C26H27NO4/c1-2-30-25(28)17-18-27(19-21-9-5-3-6-10-21)26(29)23-13-15-24(16-14-23)31-20-22-11-7-4-8-12-22/h3-16H,2,17-20H2,1H3. The van der Waals surface area contributed by atoms with Crippen molar-refractivity contribution in [3.05, 3.63) is 102 Å². The summed E-state index contributed by atoms with van der Waals surface area (Å²) >= 11 is 0. The van der Waals surface area contributed by atoms with E-state index in [9.17, 15) is 9.59 Å². The molecule has 3 aromatic rings. The molecule has 0 heterocycles. The molecular formula is C26H27NO4. The Morgan fingerprint density at radius 1 is 0.806 bits per heavy atom. The minimum Gasteiger partial charge on any atom is -0.489 e. The molecule has 3 rings (SSSR count). The number of hydrogen-bond donors (Lipinski definition) is 0. The molecule has 0 spiro atoms. The van der Waals surface area contributed by atoms with Gasteiger partial charge in [-0.3, -0.25) is 9.59 Å². The Morgan fingerprint density at radius 3 is 2.03 bits per heavy atom. The predicted molar refractivity (Wildman–Crippen MR) is 120 cm³/mol. The molecule has 0 saturated heterocycles. The zero-order chi connectivity index (χ0) is 21.9. The van der Waals surface area contributed by atoms with Gasteiger partial charge in [0.2, 0.25) is 0 Å². The smallest absolute Gasteiger partial charge is 0.307 e. The van der Waals surface area contributed by atoms with Crippen molar-refractivity contribution in [3.63, 3.8) is 0 Å². The van der Waals surface area contributed by atoms with Crippen molar-refractivity contribution in [2.24, 2.45) is 0 Å². The van der Waals surface area contributed by atoms with Crippen LogP contribution in [-0.4, -0.2) is 29.9 Å². The van der Waals surface area contributed by atoms with Crippen molar-refractivity contribution in [1.29, 1.82) is 0 Å². The van der Waals surface area contributed by atoms with Crippen molar-refractivity contribution < 1.29 is 19.1 Å². The second-order valence-electron chi connectivity index (χ2n) is 7.07. The molecule has 0 aromatic heterocycles. The molecule has 31 heavy (non-hydrogen) atoms. The van der Waals surface area contributed by atoms with Gasteiger partial charge in [-0.1, -0.05) is 60.7 Å². The van der Waals surface area contributed by atoms with Crippen LogP contribution >= 0.6 is 0 Å². The molecule has 160 valence electrons. The van der Waals surface area contributed by atoms with Gasteiger partial charge in [0.25, 0.3) is 5.91 Å². The summed E-state index contributed by atoms with van der Waals surface area (Å²) in [6, 6.07) is 26.7. The Bertz CT molecular complexity index is 956. The molecule has 0 saturated carbocycles. The van der Waals surface area contributed by atoms with Crippen LogP contribution in [0.2, 0.25) is 0 Å². The van der Waals surface area contributed by atoms with Crippen LogP contribution in [0.15, 0.2) is 84.9 Å². The van der Waals surface area contributed by atoms with Crippen molar-refractivity contribution in [2.75, 3.05) is 13.2 Å². The Morgan fingerprint density at radius 2 is 1.42 bits per heavy atom. The lowest BCUT2D eigenvalue weighted by atomic mass is 10.1. The molecule has 0 radical (unpaired) electrons. The minimum absolute atomic E-state index is 0.136. The number of amides is 1. The van der Waals surface area contributed by atoms with Crippen LogP contribution in [0.4, 0.5) is 0 Å². The number of hydrogen-bond acceptors (Lipinski definition) is 4. The molecule has 0 bridgehead atoms. The first kappa shape index (κ1) is 22.1. The van der Waals surface area contributed by atoms with E-state index in [2.05, 4.69) is 0 Å². The lowest BCUT2D eigenvalue weighted by Crippen LogP contribution is -2.32. The summed E-state index contributed by atoms with van der Waals surface area (Å²) in [7, 11) is 0. The van der Waals surface area contributed by atoms with Crippen LogP contribution in [0.5, 0.6) is 5.75 Å². The third-order valence-electron chi connectivity index (χ3n) is 4.74. The first-order chi connectivity index (χ1) is 15.2. The summed E-state index contributed by atoms with van der Waals surface area (Å²) < 4.78 is 10.8. The van der Waals surface area contributed by atoms with Crippen LogP contribution in [0.1, 0.15) is 34.8 Å². The number of esters is 1. The van der Waals surface area contributed by atoms with Crippen molar-refractivity contribution >= 4 is 11.9 Å². The second-order valence-corrected chi connectivity index (χ2v) is 7.07. The van der Waals surface area contributed by atoms with Crippen molar-refractivity contribution in [2.45, 2.75) is 26.5 Å². The second kappa shape index (κ2) is 11.6. The quantitative estimate of drug-likeness (QED) is 0.442. The van der Waals surface area contributed by atoms with E-state index in [0.717, 1.165) is 11.1 Å². The summed E-state index contributed by atoms with van der Waals surface area (Å²) in [6.07, 6.45) is 0.157. The SMILES string of the molecule is CCOC(=O)CCN(Cc1ccccc1)C(=O)c1ccc(OCc2ccccc2)cc1. The van der Waals surface area contributed by atoms with E-state index in [1.807, 2.05) is 60.7 Å². The largest absolute Gasteiger partial charge is 0.489 e. The van der Waals surface area contributed by atoms with E-state index >= 15 is 0 Å². The molecule has 0 N–H and O–H groups in total. The van der Waals surface area contributed by atoms with E-state index in [4.69, 9.17) is 9.47 Å². The third-order valence-corrected chi connectivity index (χ3v) is 4.74. The van der Waals surface area contributed by atoms with Crippen LogP contribution < -0.4 is 4.74 Å². The molecule has 1 amide bonds. The van der Waals surface area contributed by atoms with Gasteiger partial charge in [0.05, 0.1) is 13.0 Å². The Balaban J connectivity index is 1.66. The fourth-order valence-corrected chi connectivity index (χ4v) is 3.13. The number of nitrogens with zero attached hydrogens (tertiary/aromatic N) is 1. The molecule has 0 atom stereocenters. The lowest BCUT2D eigenvalue weighted by Gasteiger charge is -2.23. The Hall–Kier alpha value is -3.60. The lowest BCUT2D eigenvalue weighted by molar-refractivity contribution is -0.143. The van der Waals surface area contributed by atoms with Crippen LogP contribution in [-0.2, 0) is 22.7 Å². The Kier molecular flexibility index (Phi) is 8.23. The van der Waals surface area contributed by atoms with Gasteiger partial charge < -0.3 is 14.4 Å². The maximum absolute atomic E-state index is 13.1. The number of carbonyl (C=O) groups excluding carboxylic acids is 2. The molecule has 5 heteroatoms. The first-order valence-corrected chi connectivity index (χ1v) is 10.4. The van der Waals surface area contributed by atoms with E-state index in [1.54, 1.807) is 36.1 Å². The highest BCUT2D eigenvalue weighted by molar-refractivity contribution is 5.94. The van der Waals surface area contributed by atoms with Crippen LogP contribution in [0, 0.1) is 0 Å². The average Bonchev–Trinajstić information content (AvgIpc) is 2.82. The van der Waals surface area contributed by atoms with Crippen molar-refractivity contribution in [3.8, 4) is 5.75 Å². The highest BCUT2D eigenvalue weighted by Gasteiger charge is 2.18. The zero-order valence-electron chi connectivity index (χ0n) is 17.7.